The summed E-state index contributed by atoms with van der Waals surface area (Å²) in [6.07, 6.45) is 6.36. The molecule has 1 aliphatic heterocycles. The lowest BCUT2D eigenvalue weighted by Gasteiger charge is -2.24. The molecule has 4 nitrogen and oxygen atoms in total. The second kappa shape index (κ2) is 4.46. The Balaban J connectivity index is 1.95. The van der Waals surface area contributed by atoms with Gasteiger partial charge in [0.2, 0.25) is 5.95 Å². The van der Waals surface area contributed by atoms with E-state index in [2.05, 4.69) is 27.1 Å². The van der Waals surface area contributed by atoms with Gasteiger partial charge in [0, 0.05) is 31.5 Å². The lowest BCUT2D eigenvalue weighted by Crippen LogP contribution is -2.39. The number of rotatable bonds is 3. The minimum absolute atomic E-state index is 0.538. The Morgan fingerprint density at radius 3 is 3.36 bits per heavy atom. The number of nitrogens with one attached hydrogen (secondary N) is 2. The van der Waals surface area contributed by atoms with Crippen LogP contribution >= 0.6 is 0 Å². The van der Waals surface area contributed by atoms with Gasteiger partial charge in [-0.15, -0.1) is 0 Å². The van der Waals surface area contributed by atoms with Crippen LogP contribution in [0.2, 0.25) is 0 Å². The first-order valence-corrected chi connectivity index (χ1v) is 5.38. The SMILES string of the molecule is CCn1ccnc1NC1CCCNC1. The van der Waals surface area contributed by atoms with E-state index in [-0.39, 0.29) is 0 Å². The highest BCUT2D eigenvalue weighted by molar-refractivity contribution is 5.27. The zero-order valence-electron chi connectivity index (χ0n) is 8.66. The molecule has 1 unspecified atom stereocenters. The number of anilines is 1. The molecule has 0 spiro atoms. The van der Waals surface area contributed by atoms with Gasteiger partial charge < -0.3 is 15.2 Å². The van der Waals surface area contributed by atoms with Crippen LogP contribution in [0.4, 0.5) is 5.95 Å². The van der Waals surface area contributed by atoms with Gasteiger partial charge in [-0.1, -0.05) is 0 Å². The zero-order valence-corrected chi connectivity index (χ0v) is 8.66. The van der Waals surface area contributed by atoms with Gasteiger partial charge in [-0.3, -0.25) is 0 Å². The molecular formula is C10H18N4. The predicted octanol–water partition coefficient (Wildman–Crippen LogP) is 1.07. The Hall–Kier alpha value is -1.03. The van der Waals surface area contributed by atoms with Crippen LogP contribution in [0, 0.1) is 0 Å². The largest absolute Gasteiger partial charge is 0.352 e. The van der Waals surface area contributed by atoms with Crippen LogP contribution in [-0.2, 0) is 6.54 Å². The molecule has 4 heteroatoms. The fraction of sp³-hybridized carbons (Fsp3) is 0.700. The fourth-order valence-corrected chi connectivity index (χ4v) is 1.86. The summed E-state index contributed by atoms with van der Waals surface area (Å²) in [4.78, 5) is 4.31. The van der Waals surface area contributed by atoms with Gasteiger partial charge in [0.15, 0.2) is 0 Å². The standard InChI is InChI=1S/C10H18N4/c1-2-14-7-6-12-10(14)13-9-4-3-5-11-8-9/h6-7,9,11H,2-5,8H2,1H3,(H,12,13). The number of imidazole rings is 1. The summed E-state index contributed by atoms with van der Waals surface area (Å²) in [5.41, 5.74) is 0. The van der Waals surface area contributed by atoms with Gasteiger partial charge in [-0.25, -0.2) is 4.98 Å². The summed E-state index contributed by atoms with van der Waals surface area (Å²) in [7, 11) is 0. The minimum Gasteiger partial charge on any atom is -0.352 e. The Morgan fingerprint density at radius 1 is 1.71 bits per heavy atom. The van der Waals surface area contributed by atoms with E-state index in [9.17, 15) is 0 Å². The summed E-state index contributed by atoms with van der Waals surface area (Å²) >= 11 is 0. The molecule has 1 aromatic heterocycles. The third-order valence-corrected chi connectivity index (χ3v) is 2.69. The molecule has 1 aromatic rings. The molecule has 78 valence electrons. The third kappa shape index (κ3) is 2.07. The van der Waals surface area contributed by atoms with E-state index in [1.54, 1.807) is 0 Å². The van der Waals surface area contributed by atoms with E-state index < -0.39 is 0 Å². The van der Waals surface area contributed by atoms with Gasteiger partial charge in [0.25, 0.3) is 0 Å². The van der Waals surface area contributed by atoms with E-state index >= 15 is 0 Å². The van der Waals surface area contributed by atoms with E-state index in [1.807, 2.05) is 12.4 Å². The van der Waals surface area contributed by atoms with Crippen molar-refractivity contribution in [3.05, 3.63) is 12.4 Å². The Bertz CT molecular complexity index is 275. The van der Waals surface area contributed by atoms with Crippen LogP contribution in [0.1, 0.15) is 19.8 Å². The maximum absolute atomic E-state index is 4.31. The van der Waals surface area contributed by atoms with Crippen LogP contribution < -0.4 is 10.6 Å². The number of piperidine rings is 1. The van der Waals surface area contributed by atoms with Crippen LogP contribution in [0.5, 0.6) is 0 Å². The van der Waals surface area contributed by atoms with Crippen molar-refractivity contribution in [1.29, 1.82) is 0 Å². The molecule has 2 N–H and O–H groups in total. The Morgan fingerprint density at radius 2 is 2.64 bits per heavy atom. The summed E-state index contributed by atoms with van der Waals surface area (Å²) in [5, 5.41) is 6.85. The molecule has 0 aliphatic carbocycles. The molecule has 2 heterocycles. The molecule has 0 aromatic carbocycles. The van der Waals surface area contributed by atoms with Crippen molar-refractivity contribution in [2.75, 3.05) is 18.4 Å². The first-order valence-electron chi connectivity index (χ1n) is 5.38. The molecule has 1 atom stereocenters. The Labute approximate surface area is 84.7 Å². The highest BCUT2D eigenvalue weighted by atomic mass is 15.2. The van der Waals surface area contributed by atoms with Gasteiger partial charge in [0.05, 0.1) is 0 Å². The third-order valence-electron chi connectivity index (χ3n) is 2.69. The molecule has 0 bridgehead atoms. The average molecular weight is 194 g/mol. The van der Waals surface area contributed by atoms with Gasteiger partial charge in [0.1, 0.15) is 0 Å². The van der Waals surface area contributed by atoms with Crippen LogP contribution in [0.15, 0.2) is 12.4 Å². The van der Waals surface area contributed by atoms with Gasteiger partial charge in [-0.05, 0) is 26.3 Å². The van der Waals surface area contributed by atoms with Gasteiger partial charge in [-0.2, -0.15) is 0 Å². The predicted molar refractivity (Wildman–Crippen MR) is 57.4 cm³/mol. The summed E-state index contributed by atoms with van der Waals surface area (Å²) in [5.74, 6) is 1.00. The lowest BCUT2D eigenvalue weighted by molar-refractivity contribution is 0.476. The zero-order chi connectivity index (χ0) is 9.80. The molecule has 0 saturated carbocycles. The summed E-state index contributed by atoms with van der Waals surface area (Å²) in [6, 6.07) is 0.538. The molecule has 1 aliphatic rings. The van der Waals surface area contributed by atoms with Crippen LogP contribution in [-0.4, -0.2) is 28.7 Å². The molecule has 14 heavy (non-hydrogen) atoms. The average Bonchev–Trinajstić information content (AvgIpc) is 2.67. The number of aryl methyl sites for hydroxylation is 1. The van der Waals surface area contributed by atoms with Crippen LogP contribution in [0.3, 0.4) is 0 Å². The molecular weight excluding hydrogens is 176 g/mol. The maximum Gasteiger partial charge on any atom is 0.203 e. The Kier molecular flexibility index (Phi) is 3.03. The van der Waals surface area contributed by atoms with Gasteiger partial charge >= 0.3 is 0 Å². The number of hydrogen-bond donors (Lipinski definition) is 2. The van der Waals surface area contributed by atoms with Crippen molar-refractivity contribution < 1.29 is 0 Å². The lowest BCUT2D eigenvalue weighted by atomic mass is 10.1. The molecule has 1 fully saturated rings. The van der Waals surface area contributed by atoms with E-state index in [0.29, 0.717) is 6.04 Å². The topological polar surface area (TPSA) is 41.9 Å². The number of hydrogen-bond acceptors (Lipinski definition) is 3. The highest BCUT2D eigenvalue weighted by Gasteiger charge is 2.13. The maximum atomic E-state index is 4.31. The molecule has 0 radical (unpaired) electrons. The van der Waals surface area contributed by atoms with E-state index in [1.165, 1.54) is 12.8 Å². The van der Waals surface area contributed by atoms with Crippen molar-refractivity contribution in [3.63, 3.8) is 0 Å². The number of aromatic nitrogens is 2. The van der Waals surface area contributed by atoms with Crippen molar-refractivity contribution in [2.45, 2.75) is 32.4 Å². The van der Waals surface area contributed by atoms with Crippen molar-refractivity contribution in [1.82, 2.24) is 14.9 Å². The van der Waals surface area contributed by atoms with E-state index in [0.717, 1.165) is 25.6 Å². The van der Waals surface area contributed by atoms with E-state index in [4.69, 9.17) is 0 Å². The highest BCUT2D eigenvalue weighted by Crippen LogP contribution is 2.10. The number of nitrogens with zero attached hydrogens (tertiary/aromatic N) is 2. The molecule has 1 saturated heterocycles. The molecule has 2 rings (SSSR count). The van der Waals surface area contributed by atoms with Crippen molar-refractivity contribution >= 4 is 5.95 Å². The van der Waals surface area contributed by atoms with Crippen molar-refractivity contribution in [3.8, 4) is 0 Å². The normalized spacial score (nSPS) is 22.2. The minimum atomic E-state index is 0.538. The monoisotopic (exact) mass is 194 g/mol. The molecule has 0 amide bonds. The smallest absolute Gasteiger partial charge is 0.203 e. The summed E-state index contributed by atoms with van der Waals surface area (Å²) < 4.78 is 2.13. The second-order valence-electron chi connectivity index (χ2n) is 3.72. The quantitative estimate of drug-likeness (QED) is 0.756. The van der Waals surface area contributed by atoms with Crippen molar-refractivity contribution in [2.24, 2.45) is 0 Å². The summed E-state index contributed by atoms with van der Waals surface area (Å²) in [6.45, 7) is 5.31. The fourth-order valence-electron chi connectivity index (χ4n) is 1.86. The second-order valence-corrected chi connectivity index (χ2v) is 3.72. The van der Waals surface area contributed by atoms with Crippen LogP contribution in [0.25, 0.3) is 0 Å². The first kappa shape index (κ1) is 9.52. The first-order chi connectivity index (χ1) is 6.90.